The number of fused-ring (bicyclic) bond motifs is 1. The van der Waals surface area contributed by atoms with Crippen LogP contribution >= 0.6 is 11.6 Å². The minimum atomic E-state index is -0.259. The SMILES string of the molecule is CCN[C@@H]1CCN(c2ccccc2NC(=O)c2ccn3ncc(-c4cccc(Cl)c4)c3n2)C1. The van der Waals surface area contributed by atoms with E-state index in [9.17, 15) is 4.79 Å². The standard InChI is InChI=1S/C25H25ClN6O/c1-2-27-19-10-12-31(16-19)23-9-4-3-8-21(23)30-25(33)22-11-13-32-24(29-22)20(15-28-32)17-6-5-7-18(26)14-17/h3-9,11,13-15,19,27H,2,10,12,16H2,1H3,(H,30,33)/t19-/m1/s1. The zero-order valence-corrected chi connectivity index (χ0v) is 19.1. The van der Waals surface area contributed by atoms with E-state index in [0.717, 1.165) is 48.6 Å². The van der Waals surface area contributed by atoms with Crippen LogP contribution in [0.1, 0.15) is 23.8 Å². The molecule has 0 saturated carbocycles. The molecule has 7 nitrogen and oxygen atoms in total. The number of aromatic nitrogens is 3. The Morgan fingerprint density at radius 2 is 2.06 bits per heavy atom. The van der Waals surface area contributed by atoms with E-state index in [1.54, 1.807) is 23.0 Å². The Morgan fingerprint density at radius 3 is 2.91 bits per heavy atom. The topological polar surface area (TPSA) is 74.6 Å². The number of amides is 1. The Balaban J connectivity index is 1.41. The summed E-state index contributed by atoms with van der Waals surface area (Å²) in [6.07, 6.45) is 4.57. The smallest absolute Gasteiger partial charge is 0.274 e. The molecule has 2 N–H and O–H groups in total. The first-order valence-corrected chi connectivity index (χ1v) is 11.5. The summed E-state index contributed by atoms with van der Waals surface area (Å²) < 4.78 is 1.66. The fourth-order valence-corrected chi connectivity index (χ4v) is 4.52. The van der Waals surface area contributed by atoms with Gasteiger partial charge >= 0.3 is 0 Å². The lowest BCUT2D eigenvalue weighted by molar-refractivity contribution is 0.102. The summed E-state index contributed by atoms with van der Waals surface area (Å²) in [5, 5.41) is 11.6. The number of halogens is 1. The van der Waals surface area contributed by atoms with E-state index < -0.39 is 0 Å². The molecule has 168 valence electrons. The molecule has 1 fully saturated rings. The van der Waals surface area contributed by atoms with Gasteiger partial charge < -0.3 is 15.5 Å². The van der Waals surface area contributed by atoms with Gasteiger partial charge in [-0.1, -0.05) is 42.8 Å². The van der Waals surface area contributed by atoms with Gasteiger partial charge in [0.2, 0.25) is 0 Å². The van der Waals surface area contributed by atoms with Crippen molar-refractivity contribution >= 4 is 34.5 Å². The molecule has 33 heavy (non-hydrogen) atoms. The highest BCUT2D eigenvalue weighted by Crippen LogP contribution is 2.30. The maximum atomic E-state index is 13.2. The third kappa shape index (κ3) is 4.42. The summed E-state index contributed by atoms with van der Waals surface area (Å²) in [5.74, 6) is -0.259. The van der Waals surface area contributed by atoms with Crippen molar-refractivity contribution in [2.24, 2.45) is 0 Å². The molecule has 2 aromatic carbocycles. The largest absolute Gasteiger partial charge is 0.368 e. The van der Waals surface area contributed by atoms with Gasteiger partial charge in [0.25, 0.3) is 5.91 Å². The third-order valence-corrected chi connectivity index (χ3v) is 6.15. The molecular weight excluding hydrogens is 436 g/mol. The minimum Gasteiger partial charge on any atom is -0.368 e. The van der Waals surface area contributed by atoms with Crippen LogP contribution in [-0.4, -0.2) is 46.2 Å². The Kier molecular flexibility index (Phi) is 5.98. The summed E-state index contributed by atoms with van der Waals surface area (Å²) in [4.78, 5) is 20.1. The summed E-state index contributed by atoms with van der Waals surface area (Å²) in [5.41, 5.74) is 4.46. The fraction of sp³-hybridized carbons (Fsp3) is 0.240. The van der Waals surface area contributed by atoms with Crippen LogP contribution in [0.5, 0.6) is 0 Å². The molecule has 0 spiro atoms. The normalized spacial score (nSPS) is 15.8. The van der Waals surface area contributed by atoms with Crippen molar-refractivity contribution in [1.29, 1.82) is 0 Å². The number of anilines is 2. The number of nitrogens with zero attached hydrogens (tertiary/aromatic N) is 4. The molecule has 2 aromatic heterocycles. The molecule has 0 bridgehead atoms. The number of benzene rings is 2. The highest BCUT2D eigenvalue weighted by Gasteiger charge is 2.24. The molecule has 0 unspecified atom stereocenters. The van der Waals surface area contributed by atoms with E-state index >= 15 is 0 Å². The zero-order valence-electron chi connectivity index (χ0n) is 18.3. The van der Waals surface area contributed by atoms with Crippen molar-refractivity contribution in [1.82, 2.24) is 19.9 Å². The monoisotopic (exact) mass is 460 g/mol. The third-order valence-electron chi connectivity index (χ3n) is 5.91. The molecule has 1 aliphatic heterocycles. The Morgan fingerprint density at radius 1 is 1.18 bits per heavy atom. The predicted octanol–water partition coefficient (Wildman–Crippen LogP) is 4.49. The number of hydrogen-bond acceptors (Lipinski definition) is 5. The second-order valence-electron chi connectivity index (χ2n) is 8.11. The van der Waals surface area contributed by atoms with Crippen LogP contribution < -0.4 is 15.5 Å². The molecule has 4 aromatic rings. The number of carbonyl (C=O) groups excluding carboxylic acids is 1. The van der Waals surface area contributed by atoms with Gasteiger partial charge in [-0.05, 0) is 48.9 Å². The quantitative estimate of drug-likeness (QED) is 0.443. The maximum absolute atomic E-state index is 13.2. The average Bonchev–Trinajstić information content (AvgIpc) is 3.46. The van der Waals surface area contributed by atoms with Crippen molar-refractivity contribution < 1.29 is 4.79 Å². The van der Waals surface area contributed by atoms with E-state index in [-0.39, 0.29) is 5.91 Å². The molecule has 1 atom stereocenters. The van der Waals surface area contributed by atoms with Crippen LogP contribution in [0.4, 0.5) is 11.4 Å². The van der Waals surface area contributed by atoms with Gasteiger partial charge in [-0.15, -0.1) is 0 Å². The summed E-state index contributed by atoms with van der Waals surface area (Å²) >= 11 is 6.16. The lowest BCUT2D eigenvalue weighted by Crippen LogP contribution is -2.32. The molecule has 3 heterocycles. The van der Waals surface area contributed by atoms with E-state index in [2.05, 4.69) is 38.6 Å². The van der Waals surface area contributed by atoms with E-state index in [1.165, 1.54) is 0 Å². The van der Waals surface area contributed by atoms with Crippen LogP contribution in [0.3, 0.4) is 0 Å². The van der Waals surface area contributed by atoms with Crippen LogP contribution in [-0.2, 0) is 0 Å². The zero-order chi connectivity index (χ0) is 22.8. The highest BCUT2D eigenvalue weighted by molar-refractivity contribution is 6.30. The number of carbonyl (C=O) groups is 1. The molecule has 1 aliphatic rings. The van der Waals surface area contributed by atoms with Crippen molar-refractivity contribution in [2.45, 2.75) is 19.4 Å². The molecule has 1 amide bonds. The number of para-hydroxylation sites is 2. The first kappa shape index (κ1) is 21.4. The van der Waals surface area contributed by atoms with Crippen LogP contribution in [0.25, 0.3) is 16.8 Å². The first-order chi connectivity index (χ1) is 16.1. The van der Waals surface area contributed by atoms with Gasteiger partial charge in [0.15, 0.2) is 5.65 Å². The number of hydrogen-bond donors (Lipinski definition) is 2. The average molecular weight is 461 g/mol. The van der Waals surface area contributed by atoms with Crippen LogP contribution in [0, 0.1) is 0 Å². The number of rotatable bonds is 6. The minimum absolute atomic E-state index is 0.259. The molecule has 5 rings (SSSR count). The van der Waals surface area contributed by atoms with Gasteiger partial charge in [-0.3, -0.25) is 4.79 Å². The van der Waals surface area contributed by atoms with E-state index in [1.807, 2.05) is 42.5 Å². The predicted molar refractivity (Wildman–Crippen MR) is 132 cm³/mol. The van der Waals surface area contributed by atoms with E-state index in [0.29, 0.717) is 22.4 Å². The molecule has 8 heteroatoms. The Bertz CT molecular complexity index is 1300. The summed E-state index contributed by atoms with van der Waals surface area (Å²) in [6, 6.07) is 17.6. The van der Waals surface area contributed by atoms with Crippen LogP contribution in [0.2, 0.25) is 5.02 Å². The highest BCUT2D eigenvalue weighted by atomic mass is 35.5. The van der Waals surface area contributed by atoms with Crippen molar-refractivity contribution in [3.63, 3.8) is 0 Å². The fourth-order valence-electron chi connectivity index (χ4n) is 4.33. The number of likely N-dealkylation sites (N-methyl/N-ethyl adjacent to an activating group) is 1. The number of nitrogens with one attached hydrogen (secondary N) is 2. The lowest BCUT2D eigenvalue weighted by Gasteiger charge is -2.22. The van der Waals surface area contributed by atoms with Gasteiger partial charge in [0.05, 0.1) is 17.6 Å². The Hall–Kier alpha value is -3.42. The molecule has 0 aliphatic carbocycles. The molecule has 0 radical (unpaired) electrons. The second kappa shape index (κ2) is 9.21. The second-order valence-corrected chi connectivity index (χ2v) is 8.55. The maximum Gasteiger partial charge on any atom is 0.274 e. The van der Waals surface area contributed by atoms with E-state index in [4.69, 9.17) is 11.6 Å². The summed E-state index contributed by atoms with van der Waals surface area (Å²) in [6.45, 7) is 4.95. The Labute approximate surface area is 197 Å². The van der Waals surface area contributed by atoms with Gasteiger partial charge in [-0.25, -0.2) is 9.50 Å². The van der Waals surface area contributed by atoms with Gasteiger partial charge in [0, 0.05) is 35.9 Å². The molecular formula is C25H25ClN6O. The summed E-state index contributed by atoms with van der Waals surface area (Å²) in [7, 11) is 0. The van der Waals surface area contributed by atoms with Gasteiger partial charge in [-0.2, -0.15) is 5.10 Å². The first-order valence-electron chi connectivity index (χ1n) is 11.1. The lowest BCUT2D eigenvalue weighted by atomic mass is 10.1. The van der Waals surface area contributed by atoms with Gasteiger partial charge in [0.1, 0.15) is 5.69 Å². The van der Waals surface area contributed by atoms with Crippen LogP contribution in [0.15, 0.2) is 67.0 Å². The van der Waals surface area contributed by atoms with Crippen molar-refractivity contribution in [2.75, 3.05) is 29.9 Å². The van der Waals surface area contributed by atoms with Crippen molar-refractivity contribution in [3.8, 4) is 11.1 Å². The van der Waals surface area contributed by atoms with Crippen molar-refractivity contribution in [3.05, 3.63) is 77.7 Å². The molecule has 1 saturated heterocycles.